The number of rotatable bonds is 3. The second kappa shape index (κ2) is 5.30. The van der Waals surface area contributed by atoms with Gasteiger partial charge in [0.05, 0.1) is 0 Å². The molecule has 3 heteroatoms. The van der Waals surface area contributed by atoms with E-state index in [-0.39, 0.29) is 5.82 Å². The van der Waals surface area contributed by atoms with Crippen molar-refractivity contribution in [1.29, 1.82) is 0 Å². The average molecular weight is 222 g/mol. The predicted octanol–water partition coefficient (Wildman–Crippen LogP) is 2.40. The van der Waals surface area contributed by atoms with E-state index in [0.717, 1.165) is 38.2 Å². The van der Waals surface area contributed by atoms with Crippen molar-refractivity contribution in [2.24, 2.45) is 0 Å². The SMILES string of the molecule is CCNC1CCN(c2cccc(F)c2)CC1. The number of piperidine rings is 1. The van der Waals surface area contributed by atoms with Crippen molar-refractivity contribution in [1.82, 2.24) is 5.32 Å². The standard InChI is InChI=1S/C13H19FN2/c1-2-15-12-6-8-16(9-7-12)13-5-3-4-11(14)10-13/h3-5,10,12,15H,2,6-9H2,1H3. The zero-order chi connectivity index (χ0) is 11.4. The molecule has 1 aliphatic heterocycles. The van der Waals surface area contributed by atoms with E-state index in [9.17, 15) is 4.39 Å². The number of benzene rings is 1. The molecule has 1 N–H and O–H groups in total. The lowest BCUT2D eigenvalue weighted by Gasteiger charge is -2.33. The van der Waals surface area contributed by atoms with Gasteiger partial charge in [0.25, 0.3) is 0 Å². The summed E-state index contributed by atoms with van der Waals surface area (Å²) in [6.07, 6.45) is 2.29. The maximum Gasteiger partial charge on any atom is 0.125 e. The van der Waals surface area contributed by atoms with Crippen molar-refractivity contribution in [2.75, 3.05) is 24.5 Å². The van der Waals surface area contributed by atoms with Gasteiger partial charge in [-0.1, -0.05) is 13.0 Å². The van der Waals surface area contributed by atoms with E-state index < -0.39 is 0 Å². The molecule has 2 rings (SSSR count). The Labute approximate surface area is 96.5 Å². The van der Waals surface area contributed by atoms with Crippen molar-refractivity contribution in [3.63, 3.8) is 0 Å². The van der Waals surface area contributed by atoms with Gasteiger partial charge in [-0.05, 0) is 37.6 Å². The van der Waals surface area contributed by atoms with E-state index in [2.05, 4.69) is 17.1 Å². The summed E-state index contributed by atoms with van der Waals surface area (Å²) in [5.41, 5.74) is 1.01. The Balaban J connectivity index is 1.94. The molecule has 0 aliphatic carbocycles. The first-order valence-corrected chi connectivity index (χ1v) is 6.03. The van der Waals surface area contributed by atoms with Crippen LogP contribution in [0.5, 0.6) is 0 Å². The van der Waals surface area contributed by atoms with Gasteiger partial charge in [-0.3, -0.25) is 0 Å². The highest BCUT2D eigenvalue weighted by molar-refractivity contribution is 5.46. The van der Waals surface area contributed by atoms with E-state index in [1.165, 1.54) is 6.07 Å². The number of hydrogen-bond acceptors (Lipinski definition) is 2. The smallest absolute Gasteiger partial charge is 0.125 e. The summed E-state index contributed by atoms with van der Waals surface area (Å²) >= 11 is 0. The molecule has 1 aromatic carbocycles. The Morgan fingerprint density at radius 2 is 2.12 bits per heavy atom. The molecule has 1 aromatic rings. The van der Waals surface area contributed by atoms with Crippen LogP contribution in [-0.4, -0.2) is 25.7 Å². The first-order chi connectivity index (χ1) is 7.79. The van der Waals surface area contributed by atoms with Crippen molar-refractivity contribution in [3.05, 3.63) is 30.1 Å². The van der Waals surface area contributed by atoms with Crippen LogP contribution in [0.25, 0.3) is 0 Å². The normalized spacial score (nSPS) is 17.8. The molecule has 1 heterocycles. The second-order valence-electron chi connectivity index (χ2n) is 4.30. The Morgan fingerprint density at radius 3 is 2.75 bits per heavy atom. The molecule has 88 valence electrons. The van der Waals surface area contributed by atoms with Crippen LogP contribution in [-0.2, 0) is 0 Å². The summed E-state index contributed by atoms with van der Waals surface area (Å²) in [4.78, 5) is 2.26. The lowest BCUT2D eigenvalue weighted by atomic mass is 10.0. The van der Waals surface area contributed by atoms with Crippen molar-refractivity contribution in [3.8, 4) is 0 Å². The quantitative estimate of drug-likeness (QED) is 0.845. The Kier molecular flexibility index (Phi) is 3.78. The first-order valence-electron chi connectivity index (χ1n) is 6.03. The average Bonchev–Trinajstić information content (AvgIpc) is 2.30. The maximum atomic E-state index is 13.1. The molecule has 0 atom stereocenters. The van der Waals surface area contributed by atoms with Crippen LogP contribution in [0.15, 0.2) is 24.3 Å². The van der Waals surface area contributed by atoms with E-state index in [4.69, 9.17) is 0 Å². The van der Waals surface area contributed by atoms with Crippen LogP contribution in [0, 0.1) is 5.82 Å². The first kappa shape index (κ1) is 11.4. The van der Waals surface area contributed by atoms with Crippen LogP contribution in [0.3, 0.4) is 0 Å². The van der Waals surface area contributed by atoms with Gasteiger partial charge >= 0.3 is 0 Å². The maximum absolute atomic E-state index is 13.1. The fourth-order valence-electron chi connectivity index (χ4n) is 2.30. The molecule has 2 nitrogen and oxygen atoms in total. The lowest BCUT2D eigenvalue weighted by Crippen LogP contribution is -2.42. The molecular weight excluding hydrogens is 203 g/mol. The van der Waals surface area contributed by atoms with Crippen LogP contribution < -0.4 is 10.2 Å². The monoisotopic (exact) mass is 222 g/mol. The molecule has 0 amide bonds. The molecule has 0 spiro atoms. The molecule has 0 unspecified atom stereocenters. The highest BCUT2D eigenvalue weighted by Gasteiger charge is 2.18. The molecule has 1 saturated heterocycles. The van der Waals surface area contributed by atoms with Gasteiger partial charge in [0.2, 0.25) is 0 Å². The highest BCUT2D eigenvalue weighted by Crippen LogP contribution is 2.20. The van der Waals surface area contributed by atoms with Gasteiger partial charge in [-0.15, -0.1) is 0 Å². The van der Waals surface area contributed by atoms with Crippen LogP contribution in [0.1, 0.15) is 19.8 Å². The van der Waals surface area contributed by atoms with Crippen LogP contribution in [0.2, 0.25) is 0 Å². The van der Waals surface area contributed by atoms with Crippen molar-refractivity contribution < 1.29 is 4.39 Å². The predicted molar refractivity (Wildman–Crippen MR) is 65.3 cm³/mol. The minimum absolute atomic E-state index is 0.147. The Morgan fingerprint density at radius 1 is 1.38 bits per heavy atom. The van der Waals surface area contributed by atoms with E-state index in [1.807, 2.05) is 6.07 Å². The summed E-state index contributed by atoms with van der Waals surface area (Å²) in [6, 6.07) is 7.51. The Hall–Kier alpha value is -1.09. The number of hydrogen-bond donors (Lipinski definition) is 1. The van der Waals surface area contributed by atoms with E-state index in [1.54, 1.807) is 12.1 Å². The van der Waals surface area contributed by atoms with Crippen molar-refractivity contribution in [2.45, 2.75) is 25.8 Å². The van der Waals surface area contributed by atoms with Gasteiger partial charge in [0.15, 0.2) is 0 Å². The third-order valence-electron chi connectivity index (χ3n) is 3.16. The zero-order valence-corrected chi connectivity index (χ0v) is 9.75. The lowest BCUT2D eigenvalue weighted by molar-refractivity contribution is 0.423. The molecular formula is C13H19FN2. The molecule has 0 radical (unpaired) electrons. The van der Waals surface area contributed by atoms with Crippen molar-refractivity contribution >= 4 is 5.69 Å². The largest absolute Gasteiger partial charge is 0.371 e. The minimum Gasteiger partial charge on any atom is -0.371 e. The molecule has 16 heavy (non-hydrogen) atoms. The number of anilines is 1. The zero-order valence-electron chi connectivity index (χ0n) is 9.75. The fraction of sp³-hybridized carbons (Fsp3) is 0.538. The topological polar surface area (TPSA) is 15.3 Å². The molecule has 0 bridgehead atoms. The molecule has 1 aliphatic rings. The van der Waals surface area contributed by atoms with Gasteiger partial charge < -0.3 is 10.2 Å². The van der Waals surface area contributed by atoms with E-state index in [0.29, 0.717) is 6.04 Å². The number of halogens is 1. The summed E-state index contributed by atoms with van der Waals surface area (Å²) < 4.78 is 13.1. The summed E-state index contributed by atoms with van der Waals surface area (Å²) in [5, 5.41) is 3.47. The summed E-state index contributed by atoms with van der Waals surface area (Å²) in [6.45, 7) is 5.20. The third-order valence-corrected chi connectivity index (χ3v) is 3.16. The Bertz CT molecular complexity index is 332. The second-order valence-corrected chi connectivity index (χ2v) is 4.30. The van der Waals surface area contributed by atoms with Gasteiger partial charge in [0.1, 0.15) is 5.82 Å². The van der Waals surface area contributed by atoms with Gasteiger partial charge in [-0.25, -0.2) is 4.39 Å². The fourth-order valence-corrected chi connectivity index (χ4v) is 2.30. The summed E-state index contributed by atoms with van der Waals surface area (Å²) in [5.74, 6) is -0.147. The minimum atomic E-state index is -0.147. The number of nitrogens with zero attached hydrogens (tertiary/aromatic N) is 1. The third kappa shape index (κ3) is 2.73. The van der Waals surface area contributed by atoms with Gasteiger partial charge in [0, 0.05) is 24.8 Å². The van der Waals surface area contributed by atoms with Crippen LogP contribution in [0.4, 0.5) is 10.1 Å². The van der Waals surface area contributed by atoms with Gasteiger partial charge in [-0.2, -0.15) is 0 Å². The van der Waals surface area contributed by atoms with Crippen LogP contribution >= 0.6 is 0 Å². The highest BCUT2D eigenvalue weighted by atomic mass is 19.1. The molecule has 1 fully saturated rings. The molecule has 0 aromatic heterocycles. The van der Waals surface area contributed by atoms with E-state index >= 15 is 0 Å². The number of nitrogens with one attached hydrogen (secondary N) is 1. The summed E-state index contributed by atoms with van der Waals surface area (Å²) in [7, 11) is 0. The molecule has 0 saturated carbocycles.